The second kappa shape index (κ2) is 9.30. The molecule has 0 radical (unpaired) electrons. The molecule has 0 bridgehead atoms. The first-order valence-electron chi connectivity index (χ1n) is 11.7. The fraction of sp³-hybridized carbons (Fsp3) is 0.783. The number of amides is 1. The van der Waals surface area contributed by atoms with Gasteiger partial charge in [-0.15, -0.1) is 0 Å². The molecule has 0 aromatic carbocycles. The van der Waals surface area contributed by atoms with Crippen LogP contribution in [-0.2, 0) is 30.8 Å². The highest BCUT2D eigenvalue weighted by molar-refractivity contribution is 7.88. The summed E-state index contributed by atoms with van der Waals surface area (Å²) in [7, 11) is -3.32. The lowest BCUT2D eigenvalue weighted by molar-refractivity contribution is -0.305. The highest BCUT2D eigenvalue weighted by atomic mass is 32.2. The molecule has 33 heavy (non-hydrogen) atoms. The summed E-state index contributed by atoms with van der Waals surface area (Å²) < 4.78 is 42.8. The second-order valence-corrected chi connectivity index (χ2v) is 12.2. The molecular weight excluding hydrogens is 448 g/mol. The number of carbonyl (C=O) groups is 1. The van der Waals surface area contributed by atoms with Crippen LogP contribution in [0.3, 0.4) is 0 Å². The quantitative estimate of drug-likeness (QED) is 0.538. The van der Waals surface area contributed by atoms with Crippen molar-refractivity contribution in [1.29, 1.82) is 0 Å². The Balaban J connectivity index is 1.43. The molecule has 1 aromatic heterocycles. The van der Waals surface area contributed by atoms with Crippen molar-refractivity contribution < 1.29 is 32.2 Å². The van der Waals surface area contributed by atoms with Gasteiger partial charge in [-0.05, 0) is 55.1 Å². The van der Waals surface area contributed by atoms with E-state index >= 15 is 0 Å². The van der Waals surface area contributed by atoms with Gasteiger partial charge in [-0.1, -0.05) is 13.8 Å². The van der Waals surface area contributed by atoms with E-state index in [2.05, 4.69) is 23.9 Å². The number of ether oxygens (including phenoxy) is 2. The lowest BCUT2D eigenvalue weighted by atomic mass is 9.46. The van der Waals surface area contributed by atoms with Crippen LogP contribution < -0.4 is 10.0 Å². The number of aliphatic hydroxyl groups excluding tert-OH is 1. The maximum absolute atomic E-state index is 12.8. The van der Waals surface area contributed by atoms with Gasteiger partial charge in [-0.3, -0.25) is 4.79 Å². The van der Waals surface area contributed by atoms with Crippen molar-refractivity contribution in [1.82, 2.24) is 10.0 Å². The zero-order valence-electron chi connectivity index (χ0n) is 19.6. The van der Waals surface area contributed by atoms with Crippen molar-refractivity contribution in [3.05, 3.63) is 24.2 Å². The zero-order valence-corrected chi connectivity index (χ0v) is 20.4. The number of nitrogens with one attached hydrogen (secondary N) is 2. The van der Waals surface area contributed by atoms with Crippen LogP contribution in [0, 0.1) is 22.7 Å². The molecule has 7 unspecified atom stereocenters. The predicted octanol–water partition coefficient (Wildman–Crippen LogP) is 1.77. The van der Waals surface area contributed by atoms with Gasteiger partial charge in [-0.2, -0.15) is 0 Å². The number of hydrogen-bond donors (Lipinski definition) is 3. The molecule has 1 saturated heterocycles. The third kappa shape index (κ3) is 5.14. The number of furan rings is 1. The average Bonchev–Trinajstić information content (AvgIpc) is 3.26. The molecule has 9 nitrogen and oxygen atoms in total. The molecule has 4 rings (SSSR count). The molecule has 186 valence electrons. The molecule has 1 amide bonds. The van der Waals surface area contributed by atoms with Crippen molar-refractivity contribution in [2.24, 2.45) is 22.7 Å². The minimum atomic E-state index is -3.32. The summed E-state index contributed by atoms with van der Waals surface area (Å²) in [6.45, 7) is 5.25. The topological polar surface area (TPSA) is 127 Å². The van der Waals surface area contributed by atoms with E-state index in [9.17, 15) is 18.3 Å². The normalized spacial score (nSPS) is 38.8. The highest BCUT2D eigenvalue weighted by Gasteiger charge is 2.61. The number of carbonyl (C=O) groups excluding carboxylic acids is 1. The fourth-order valence-electron chi connectivity index (χ4n) is 6.48. The zero-order chi connectivity index (χ0) is 23.9. The first-order chi connectivity index (χ1) is 15.5. The Morgan fingerprint density at radius 1 is 1.24 bits per heavy atom. The molecule has 3 N–H and O–H groups in total. The van der Waals surface area contributed by atoms with Crippen LogP contribution in [-0.4, -0.2) is 57.3 Å². The van der Waals surface area contributed by atoms with Crippen molar-refractivity contribution in [3.8, 4) is 0 Å². The van der Waals surface area contributed by atoms with Gasteiger partial charge in [-0.25, -0.2) is 13.1 Å². The molecule has 2 heterocycles. The Kier molecular flexibility index (Phi) is 6.95. The Morgan fingerprint density at radius 3 is 2.73 bits per heavy atom. The highest BCUT2D eigenvalue weighted by Crippen LogP contribution is 2.62. The third-order valence-corrected chi connectivity index (χ3v) is 8.88. The van der Waals surface area contributed by atoms with Gasteiger partial charge >= 0.3 is 0 Å². The molecule has 2 aliphatic carbocycles. The van der Waals surface area contributed by atoms with Gasteiger partial charge in [0.2, 0.25) is 15.9 Å². The maximum atomic E-state index is 12.8. The summed E-state index contributed by atoms with van der Waals surface area (Å²) in [5.41, 5.74) is -0.493. The molecule has 7 atom stereocenters. The molecule has 3 fully saturated rings. The van der Waals surface area contributed by atoms with Gasteiger partial charge in [0, 0.05) is 11.8 Å². The molecule has 2 saturated carbocycles. The van der Waals surface area contributed by atoms with E-state index in [0.29, 0.717) is 25.3 Å². The SMILES string of the molecule is CC12COC(CNS(C)(=O)=O)OC1CCC1(C)C(CC(=O)NCc3ccco3)C(O)CCC21. The van der Waals surface area contributed by atoms with Gasteiger partial charge < -0.3 is 24.3 Å². The monoisotopic (exact) mass is 484 g/mol. The maximum Gasteiger partial charge on any atom is 0.220 e. The molecule has 10 heteroatoms. The summed E-state index contributed by atoms with van der Waals surface area (Å²) in [6.07, 6.45) is 4.84. The minimum absolute atomic E-state index is 0.0562. The molecule has 0 spiro atoms. The summed E-state index contributed by atoms with van der Waals surface area (Å²) in [5.74, 6) is 0.669. The van der Waals surface area contributed by atoms with Gasteiger partial charge in [0.25, 0.3) is 0 Å². The Morgan fingerprint density at radius 2 is 2.03 bits per heavy atom. The molecule has 3 aliphatic rings. The Hall–Kier alpha value is -1.46. The van der Waals surface area contributed by atoms with E-state index in [1.165, 1.54) is 0 Å². The number of hydrogen-bond acceptors (Lipinski definition) is 7. The van der Waals surface area contributed by atoms with E-state index in [1.807, 2.05) is 6.07 Å². The molecule has 1 aliphatic heterocycles. The van der Waals surface area contributed by atoms with E-state index in [-0.39, 0.29) is 47.6 Å². The number of fused-ring (bicyclic) bond motifs is 3. The largest absolute Gasteiger partial charge is 0.467 e. The Labute approximate surface area is 195 Å². The number of aliphatic hydroxyl groups is 1. The van der Waals surface area contributed by atoms with Crippen molar-refractivity contribution in [2.45, 2.75) is 71.0 Å². The van der Waals surface area contributed by atoms with Crippen molar-refractivity contribution in [2.75, 3.05) is 19.4 Å². The average molecular weight is 485 g/mol. The van der Waals surface area contributed by atoms with Crippen molar-refractivity contribution >= 4 is 15.9 Å². The van der Waals surface area contributed by atoms with Crippen LogP contribution in [0.5, 0.6) is 0 Å². The van der Waals surface area contributed by atoms with Crippen molar-refractivity contribution in [3.63, 3.8) is 0 Å². The Bertz CT molecular complexity index is 937. The minimum Gasteiger partial charge on any atom is -0.467 e. The van der Waals surface area contributed by atoms with Crippen LogP contribution in [0.1, 0.15) is 51.7 Å². The number of sulfonamides is 1. The second-order valence-electron chi connectivity index (χ2n) is 10.4. The van der Waals surface area contributed by atoms with E-state index in [1.54, 1.807) is 12.3 Å². The summed E-state index contributed by atoms with van der Waals surface area (Å²) >= 11 is 0. The number of rotatable bonds is 7. The molecular formula is C23H36N2O7S. The molecule has 1 aromatic rings. The first kappa shape index (κ1) is 24.7. The van der Waals surface area contributed by atoms with Crippen LogP contribution >= 0.6 is 0 Å². The van der Waals surface area contributed by atoms with E-state index in [4.69, 9.17) is 13.9 Å². The van der Waals surface area contributed by atoms with Gasteiger partial charge in [0.1, 0.15) is 5.76 Å². The smallest absolute Gasteiger partial charge is 0.220 e. The lowest BCUT2D eigenvalue weighted by Gasteiger charge is -2.63. The summed E-state index contributed by atoms with van der Waals surface area (Å²) in [6, 6.07) is 3.60. The van der Waals surface area contributed by atoms with Crippen LogP contribution in [0.25, 0.3) is 0 Å². The van der Waals surface area contributed by atoms with Crippen LogP contribution in [0.4, 0.5) is 0 Å². The fourth-order valence-corrected chi connectivity index (χ4v) is 6.92. The van der Waals surface area contributed by atoms with Gasteiger partial charge in [0.05, 0.1) is 44.4 Å². The predicted molar refractivity (Wildman–Crippen MR) is 120 cm³/mol. The van der Waals surface area contributed by atoms with Crippen LogP contribution in [0.15, 0.2) is 22.8 Å². The van der Waals surface area contributed by atoms with Gasteiger partial charge in [0.15, 0.2) is 6.29 Å². The summed E-state index contributed by atoms with van der Waals surface area (Å²) in [5, 5.41) is 13.8. The summed E-state index contributed by atoms with van der Waals surface area (Å²) in [4.78, 5) is 12.8. The van der Waals surface area contributed by atoms with E-state index in [0.717, 1.165) is 25.5 Å². The standard InChI is InChI=1S/C23H36N2O7S/c1-22-9-8-19-23(2,14-31-21(32-19)13-25-33(3,28)29)18(22)7-6-17(26)16(22)11-20(27)24-12-15-5-4-10-30-15/h4-5,10,16-19,21,25-26H,6-9,11-14H2,1-3H3,(H,24,27). The van der Waals surface area contributed by atoms with E-state index < -0.39 is 22.4 Å². The van der Waals surface area contributed by atoms with Crippen LogP contribution in [0.2, 0.25) is 0 Å². The lowest BCUT2D eigenvalue weighted by Crippen LogP contribution is -2.63. The third-order valence-electron chi connectivity index (χ3n) is 8.19. The first-order valence-corrected chi connectivity index (χ1v) is 13.6.